The zero-order valence-electron chi connectivity index (χ0n) is 18.7. The lowest BCUT2D eigenvalue weighted by Gasteiger charge is -2.33. The van der Waals surface area contributed by atoms with Gasteiger partial charge in [0.2, 0.25) is 5.91 Å². The first kappa shape index (κ1) is 22.4. The van der Waals surface area contributed by atoms with Crippen LogP contribution >= 0.6 is 0 Å². The van der Waals surface area contributed by atoms with E-state index in [1.165, 1.54) is 25.7 Å². The van der Waals surface area contributed by atoms with Gasteiger partial charge in [-0.15, -0.1) is 0 Å². The van der Waals surface area contributed by atoms with Crippen LogP contribution in [0.15, 0.2) is 18.3 Å². The van der Waals surface area contributed by atoms with Crippen molar-refractivity contribution in [3.63, 3.8) is 0 Å². The molecule has 1 unspecified atom stereocenters. The number of likely N-dealkylation sites (tertiary alicyclic amines) is 1. The molecule has 1 aromatic heterocycles. The van der Waals surface area contributed by atoms with Crippen LogP contribution in [0.4, 0.5) is 10.6 Å². The van der Waals surface area contributed by atoms with E-state index < -0.39 is 5.60 Å². The molecule has 1 N–H and O–H groups in total. The van der Waals surface area contributed by atoms with E-state index in [0.29, 0.717) is 19.6 Å². The molecule has 166 valence electrons. The number of piperidine rings is 1. The largest absolute Gasteiger partial charge is 0.444 e. The van der Waals surface area contributed by atoms with Crippen LogP contribution in [0.2, 0.25) is 0 Å². The third kappa shape index (κ3) is 6.61. The number of rotatable bonds is 4. The highest BCUT2D eigenvalue weighted by atomic mass is 16.6. The second-order valence-electron chi connectivity index (χ2n) is 9.41. The highest BCUT2D eigenvalue weighted by molar-refractivity contribution is 5.80. The normalized spacial score (nSPS) is 20.4. The first-order chi connectivity index (χ1) is 14.3. The number of pyridine rings is 1. The predicted octanol–water partition coefficient (Wildman–Crippen LogP) is 3.73. The Morgan fingerprint density at radius 3 is 2.47 bits per heavy atom. The maximum Gasteiger partial charge on any atom is 0.410 e. The third-order valence-electron chi connectivity index (χ3n) is 5.65. The van der Waals surface area contributed by atoms with Gasteiger partial charge >= 0.3 is 6.09 Å². The topological polar surface area (TPSA) is 74.8 Å². The Balaban J connectivity index is 1.48. The van der Waals surface area contributed by atoms with Gasteiger partial charge in [-0.2, -0.15) is 0 Å². The summed E-state index contributed by atoms with van der Waals surface area (Å²) in [7, 11) is 0. The molecule has 0 bridgehead atoms. The Bertz CT molecular complexity index is 706. The molecule has 7 heteroatoms. The lowest BCUT2D eigenvalue weighted by molar-refractivity contribution is -0.126. The van der Waals surface area contributed by atoms with E-state index in [-0.39, 0.29) is 17.9 Å². The monoisotopic (exact) mass is 416 g/mol. The van der Waals surface area contributed by atoms with E-state index in [1.807, 2.05) is 33.0 Å². The number of hydrogen-bond acceptors (Lipinski definition) is 5. The second-order valence-corrected chi connectivity index (χ2v) is 9.41. The molecule has 2 saturated heterocycles. The van der Waals surface area contributed by atoms with Crippen molar-refractivity contribution in [3.05, 3.63) is 23.9 Å². The smallest absolute Gasteiger partial charge is 0.410 e. The second kappa shape index (κ2) is 10.1. The van der Waals surface area contributed by atoms with Gasteiger partial charge in [0.1, 0.15) is 11.4 Å². The first-order valence-electron chi connectivity index (χ1n) is 11.3. The summed E-state index contributed by atoms with van der Waals surface area (Å²) in [5.74, 6) is 0.808. The zero-order valence-corrected chi connectivity index (χ0v) is 18.7. The van der Waals surface area contributed by atoms with Crippen molar-refractivity contribution in [1.82, 2.24) is 15.2 Å². The minimum atomic E-state index is -0.529. The van der Waals surface area contributed by atoms with Gasteiger partial charge in [0.15, 0.2) is 0 Å². The molecule has 30 heavy (non-hydrogen) atoms. The van der Waals surface area contributed by atoms with Gasteiger partial charge in [-0.1, -0.05) is 18.9 Å². The molecule has 3 rings (SSSR count). The fraction of sp³-hybridized carbons (Fsp3) is 0.696. The number of hydrogen-bond donors (Lipinski definition) is 1. The Morgan fingerprint density at radius 2 is 1.83 bits per heavy atom. The van der Waals surface area contributed by atoms with Gasteiger partial charge in [-0.25, -0.2) is 9.78 Å². The van der Waals surface area contributed by atoms with Gasteiger partial charge in [-0.3, -0.25) is 4.79 Å². The average Bonchev–Trinajstić information content (AvgIpc) is 3.01. The Morgan fingerprint density at radius 1 is 1.10 bits per heavy atom. The highest BCUT2D eigenvalue weighted by Crippen LogP contribution is 2.20. The van der Waals surface area contributed by atoms with Gasteiger partial charge in [-0.05, 0) is 58.1 Å². The summed E-state index contributed by atoms with van der Waals surface area (Å²) in [6.45, 7) is 9.20. The SMILES string of the molecule is CC(C)(C)OC(=O)N1CCCC(C(=O)NCc2ccc(N3CCCCCC3)nc2)C1. The van der Waals surface area contributed by atoms with Crippen molar-refractivity contribution >= 4 is 17.8 Å². The minimum Gasteiger partial charge on any atom is -0.444 e. The van der Waals surface area contributed by atoms with Crippen molar-refractivity contribution < 1.29 is 14.3 Å². The van der Waals surface area contributed by atoms with E-state index in [0.717, 1.165) is 37.3 Å². The highest BCUT2D eigenvalue weighted by Gasteiger charge is 2.30. The predicted molar refractivity (Wildman–Crippen MR) is 117 cm³/mol. The molecule has 2 fully saturated rings. The van der Waals surface area contributed by atoms with Crippen molar-refractivity contribution in [2.45, 2.75) is 71.4 Å². The van der Waals surface area contributed by atoms with Crippen LogP contribution in [0.25, 0.3) is 0 Å². The zero-order chi connectivity index (χ0) is 21.6. The van der Waals surface area contributed by atoms with Crippen molar-refractivity contribution in [2.24, 2.45) is 5.92 Å². The molecular formula is C23H36N4O3. The standard InChI is InChI=1S/C23H36N4O3/c1-23(2,3)30-22(29)27-14-8-9-19(17-27)21(28)25-16-18-10-11-20(24-15-18)26-12-6-4-5-7-13-26/h10-11,15,19H,4-9,12-14,16-17H2,1-3H3,(H,25,28). The van der Waals surface area contributed by atoms with E-state index in [1.54, 1.807) is 4.90 Å². The molecule has 0 saturated carbocycles. The lowest BCUT2D eigenvalue weighted by atomic mass is 9.97. The van der Waals surface area contributed by atoms with Crippen LogP contribution < -0.4 is 10.2 Å². The summed E-state index contributed by atoms with van der Waals surface area (Å²) < 4.78 is 5.45. The van der Waals surface area contributed by atoms with E-state index >= 15 is 0 Å². The van der Waals surface area contributed by atoms with E-state index in [9.17, 15) is 9.59 Å². The number of nitrogens with zero attached hydrogens (tertiary/aromatic N) is 3. The Hall–Kier alpha value is -2.31. The van der Waals surface area contributed by atoms with Crippen molar-refractivity contribution in [3.8, 4) is 0 Å². The van der Waals surface area contributed by atoms with Crippen LogP contribution in [0.3, 0.4) is 0 Å². The number of carbonyl (C=O) groups excluding carboxylic acids is 2. The van der Waals surface area contributed by atoms with E-state index in [2.05, 4.69) is 21.3 Å². The Kier molecular flexibility index (Phi) is 7.56. The van der Waals surface area contributed by atoms with Crippen LogP contribution in [0.1, 0.15) is 64.9 Å². The molecule has 1 atom stereocenters. The fourth-order valence-corrected chi connectivity index (χ4v) is 4.03. The van der Waals surface area contributed by atoms with Gasteiger partial charge in [0, 0.05) is 38.9 Å². The number of anilines is 1. The van der Waals surface area contributed by atoms with Gasteiger partial charge < -0.3 is 19.9 Å². The quantitative estimate of drug-likeness (QED) is 0.810. The number of aromatic nitrogens is 1. The van der Waals surface area contributed by atoms with Crippen LogP contribution in [-0.2, 0) is 16.1 Å². The number of carbonyl (C=O) groups is 2. The maximum absolute atomic E-state index is 12.7. The van der Waals surface area contributed by atoms with Crippen LogP contribution in [0.5, 0.6) is 0 Å². The number of ether oxygens (including phenoxy) is 1. The Labute approximate surface area is 180 Å². The summed E-state index contributed by atoms with van der Waals surface area (Å²) in [4.78, 5) is 33.6. The van der Waals surface area contributed by atoms with Crippen molar-refractivity contribution in [2.75, 3.05) is 31.1 Å². The summed E-state index contributed by atoms with van der Waals surface area (Å²) >= 11 is 0. The number of amides is 2. The summed E-state index contributed by atoms with van der Waals surface area (Å²) in [5.41, 5.74) is 0.459. The molecule has 0 spiro atoms. The average molecular weight is 417 g/mol. The maximum atomic E-state index is 12.7. The van der Waals surface area contributed by atoms with Gasteiger partial charge in [0.05, 0.1) is 5.92 Å². The molecular weight excluding hydrogens is 380 g/mol. The van der Waals surface area contributed by atoms with Crippen LogP contribution in [-0.4, -0.2) is 53.7 Å². The molecule has 7 nitrogen and oxygen atoms in total. The molecule has 2 amide bonds. The third-order valence-corrected chi connectivity index (χ3v) is 5.65. The summed E-state index contributed by atoms with van der Waals surface area (Å²) in [6.07, 6.45) is 8.16. The molecule has 0 aliphatic carbocycles. The number of nitrogens with one attached hydrogen (secondary N) is 1. The molecule has 0 radical (unpaired) electrons. The molecule has 2 aliphatic heterocycles. The van der Waals surface area contributed by atoms with E-state index in [4.69, 9.17) is 4.74 Å². The summed E-state index contributed by atoms with van der Waals surface area (Å²) in [5, 5.41) is 3.01. The molecule has 0 aromatic carbocycles. The van der Waals surface area contributed by atoms with Gasteiger partial charge in [0.25, 0.3) is 0 Å². The fourth-order valence-electron chi connectivity index (χ4n) is 4.03. The van der Waals surface area contributed by atoms with Crippen molar-refractivity contribution in [1.29, 1.82) is 0 Å². The lowest BCUT2D eigenvalue weighted by Crippen LogP contribution is -2.46. The summed E-state index contributed by atoms with van der Waals surface area (Å²) in [6, 6.07) is 4.10. The first-order valence-corrected chi connectivity index (χ1v) is 11.3. The molecule has 2 aliphatic rings. The minimum absolute atomic E-state index is 0.0140. The molecule has 1 aromatic rings. The van der Waals surface area contributed by atoms with Crippen LogP contribution in [0, 0.1) is 5.92 Å². The molecule has 3 heterocycles.